The molecule has 0 aromatic heterocycles. The van der Waals surface area contributed by atoms with Crippen LogP contribution in [0.15, 0.2) is 4.99 Å². The number of hydrogen-bond donors (Lipinski definition) is 3. The van der Waals surface area contributed by atoms with Crippen LogP contribution in [0.25, 0.3) is 0 Å². The average Bonchev–Trinajstić information content (AvgIpc) is 2.37. The van der Waals surface area contributed by atoms with E-state index in [9.17, 15) is 14.4 Å². The first kappa shape index (κ1) is 19.4. The molecule has 3 N–H and O–H groups in total. The predicted molar refractivity (Wildman–Crippen MR) is 64.9 cm³/mol. The minimum Gasteiger partial charge on any atom is -0.422 e. The number of alkyl carbamates (subject to hydrolysis) is 1. The highest BCUT2D eigenvalue weighted by molar-refractivity contribution is 5.73. The molecule has 0 aliphatic carbocycles. The molecule has 0 fully saturated rings. The second-order valence-electron chi connectivity index (χ2n) is 2.98. The van der Waals surface area contributed by atoms with Crippen molar-refractivity contribution in [3.05, 3.63) is 0 Å². The lowest BCUT2D eigenvalue weighted by atomic mass is 10.5. The van der Waals surface area contributed by atoms with Gasteiger partial charge in [-0.1, -0.05) is 0 Å². The van der Waals surface area contributed by atoms with Gasteiger partial charge in [-0.3, -0.25) is 4.79 Å². The van der Waals surface area contributed by atoms with Crippen molar-refractivity contribution in [3.63, 3.8) is 0 Å². The normalized spacial score (nSPS) is 8.37. The Morgan fingerprint density at radius 3 is 2.53 bits per heavy atom. The van der Waals surface area contributed by atoms with E-state index in [1.165, 1.54) is 20.1 Å². The van der Waals surface area contributed by atoms with Crippen molar-refractivity contribution in [2.24, 2.45) is 4.99 Å². The second-order valence-corrected chi connectivity index (χ2v) is 2.98. The molecule has 0 saturated heterocycles. The first-order chi connectivity index (χ1) is 9.08. The average molecular weight is 277 g/mol. The number of aliphatic imine (C=N–C) groups is 1. The fourth-order valence-electron chi connectivity index (χ4n) is 0.600. The quantitative estimate of drug-likeness (QED) is 0.240. The molecule has 0 atom stereocenters. The maximum absolute atomic E-state index is 10.6. The van der Waals surface area contributed by atoms with Crippen LogP contribution < -0.4 is 10.6 Å². The van der Waals surface area contributed by atoms with Crippen molar-refractivity contribution in [2.75, 3.05) is 33.7 Å². The number of rotatable bonds is 7. The zero-order valence-corrected chi connectivity index (χ0v) is 11.0. The summed E-state index contributed by atoms with van der Waals surface area (Å²) in [6.07, 6.45) is 1.28. The zero-order valence-electron chi connectivity index (χ0n) is 11.0. The molecule has 0 aliphatic heterocycles. The van der Waals surface area contributed by atoms with Gasteiger partial charge >= 0.3 is 6.09 Å². The number of aliphatic hydroxyl groups excluding tert-OH is 1. The summed E-state index contributed by atoms with van der Waals surface area (Å²) in [6.45, 7) is 1.77. The van der Waals surface area contributed by atoms with Crippen LogP contribution in [-0.2, 0) is 19.1 Å². The van der Waals surface area contributed by atoms with Gasteiger partial charge in [-0.25, -0.2) is 14.6 Å². The molecule has 0 spiro atoms. The van der Waals surface area contributed by atoms with Crippen LogP contribution in [0.1, 0.15) is 13.3 Å². The molecule has 9 nitrogen and oxygen atoms in total. The molecular formula is C10H19N3O6. The summed E-state index contributed by atoms with van der Waals surface area (Å²) in [5.41, 5.74) is 0. The molecular weight excluding hydrogens is 258 g/mol. The molecule has 19 heavy (non-hydrogen) atoms. The van der Waals surface area contributed by atoms with E-state index in [1.54, 1.807) is 0 Å². The fraction of sp³-hybridized carbons (Fsp3) is 0.700. The smallest absolute Gasteiger partial charge is 0.410 e. The Balaban J connectivity index is 0. The van der Waals surface area contributed by atoms with Gasteiger partial charge in [0.25, 0.3) is 0 Å². The summed E-state index contributed by atoms with van der Waals surface area (Å²) in [7, 11) is 1.40. The van der Waals surface area contributed by atoms with Gasteiger partial charge in [0.05, 0.1) is 13.2 Å². The third-order valence-corrected chi connectivity index (χ3v) is 1.37. The van der Waals surface area contributed by atoms with Crippen LogP contribution in [0.2, 0.25) is 0 Å². The summed E-state index contributed by atoms with van der Waals surface area (Å²) in [5, 5.41) is 12.7. The Hall–Kier alpha value is -1.96. The molecule has 0 aromatic carbocycles. The molecule has 2 amide bonds. The Morgan fingerprint density at radius 1 is 1.37 bits per heavy atom. The molecule has 110 valence electrons. The maximum Gasteiger partial charge on any atom is 0.410 e. The molecule has 0 aromatic rings. The number of nitrogens with zero attached hydrogens (tertiary/aromatic N) is 1. The SMILES string of the molecule is COCOC(=O)NCNC(C)=O.O=C=NCCCO. The number of carbonyl (C=O) groups is 2. The minimum absolute atomic E-state index is 0.0535. The first-order valence-corrected chi connectivity index (χ1v) is 5.37. The molecule has 0 bridgehead atoms. The molecule has 0 aliphatic rings. The summed E-state index contributed by atoms with van der Waals surface area (Å²) < 4.78 is 8.92. The monoisotopic (exact) mass is 277 g/mol. The highest BCUT2D eigenvalue weighted by Gasteiger charge is 1.98. The van der Waals surface area contributed by atoms with Gasteiger partial charge in [0.15, 0.2) is 6.79 Å². The van der Waals surface area contributed by atoms with Crippen molar-refractivity contribution >= 4 is 18.1 Å². The summed E-state index contributed by atoms with van der Waals surface area (Å²) in [5.74, 6) is -0.220. The number of ether oxygens (including phenoxy) is 2. The van der Waals surface area contributed by atoms with Crippen LogP contribution in [0.4, 0.5) is 4.79 Å². The molecule has 0 unspecified atom stereocenters. The molecule has 0 rings (SSSR count). The predicted octanol–water partition coefficient (Wildman–Crippen LogP) is -0.885. The van der Waals surface area contributed by atoms with Crippen LogP contribution in [0.5, 0.6) is 0 Å². The van der Waals surface area contributed by atoms with Gasteiger partial charge in [-0.2, -0.15) is 0 Å². The summed E-state index contributed by atoms with van der Waals surface area (Å²) in [4.78, 5) is 33.4. The number of methoxy groups -OCH3 is 1. The Kier molecular flexibility index (Phi) is 16.4. The topological polar surface area (TPSA) is 126 Å². The molecule has 0 heterocycles. The molecule has 9 heteroatoms. The maximum atomic E-state index is 10.6. The Morgan fingerprint density at radius 2 is 2.05 bits per heavy atom. The highest BCUT2D eigenvalue weighted by Crippen LogP contribution is 1.75. The van der Waals surface area contributed by atoms with E-state index in [-0.39, 0.29) is 26.0 Å². The van der Waals surface area contributed by atoms with E-state index in [0.717, 1.165) is 0 Å². The zero-order chi connectivity index (χ0) is 14.9. The highest BCUT2D eigenvalue weighted by atomic mass is 16.7. The largest absolute Gasteiger partial charge is 0.422 e. The van der Waals surface area contributed by atoms with E-state index in [4.69, 9.17) is 5.11 Å². The van der Waals surface area contributed by atoms with Crippen molar-refractivity contribution in [1.29, 1.82) is 0 Å². The number of hydrogen-bond acceptors (Lipinski definition) is 7. The second kappa shape index (κ2) is 16.0. The fourth-order valence-corrected chi connectivity index (χ4v) is 0.600. The van der Waals surface area contributed by atoms with Gasteiger partial charge in [0.1, 0.15) is 0 Å². The lowest BCUT2D eigenvalue weighted by Gasteiger charge is -2.05. The van der Waals surface area contributed by atoms with E-state index in [0.29, 0.717) is 13.0 Å². The van der Waals surface area contributed by atoms with Crippen molar-refractivity contribution < 1.29 is 29.0 Å². The van der Waals surface area contributed by atoms with Gasteiger partial charge in [0.2, 0.25) is 12.0 Å². The van der Waals surface area contributed by atoms with E-state index in [1.807, 2.05) is 0 Å². The third-order valence-electron chi connectivity index (χ3n) is 1.37. The first-order valence-electron chi connectivity index (χ1n) is 5.37. The minimum atomic E-state index is -0.634. The number of nitrogens with one attached hydrogen (secondary N) is 2. The third kappa shape index (κ3) is 21.8. The van der Waals surface area contributed by atoms with Gasteiger partial charge in [-0.05, 0) is 6.42 Å². The van der Waals surface area contributed by atoms with Crippen molar-refractivity contribution in [3.8, 4) is 0 Å². The summed E-state index contributed by atoms with van der Waals surface area (Å²) >= 11 is 0. The number of aliphatic hydroxyl groups is 1. The summed E-state index contributed by atoms with van der Waals surface area (Å²) in [6, 6.07) is 0. The van der Waals surface area contributed by atoms with Crippen molar-refractivity contribution in [2.45, 2.75) is 13.3 Å². The lowest BCUT2D eigenvalue weighted by molar-refractivity contribution is -0.119. The number of amides is 2. The van der Waals surface area contributed by atoms with Crippen LogP contribution in [0.3, 0.4) is 0 Å². The van der Waals surface area contributed by atoms with Gasteiger partial charge in [-0.15, -0.1) is 0 Å². The van der Waals surface area contributed by atoms with Gasteiger partial charge in [0, 0.05) is 20.6 Å². The van der Waals surface area contributed by atoms with Crippen LogP contribution in [-0.4, -0.2) is 56.9 Å². The molecule has 0 radical (unpaired) electrons. The van der Waals surface area contributed by atoms with Crippen LogP contribution >= 0.6 is 0 Å². The lowest BCUT2D eigenvalue weighted by Crippen LogP contribution is -2.36. The standard InChI is InChI=1S/C6H12N2O4.C4H7NO2/c1-5(9)7-3-8-6(10)12-4-11-2;6-3-1-2-5-4-7/h3-4H2,1-2H3,(H,7,9)(H,8,10);6H,1-3H2. The Labute approximate surface area is 111 Å². The van der Waals surface area contributed by atoms with E-state index < -0.39 is 6.09 Å². The molecule has 0 saturated carbocycles. The van der Waals surface area contributed by atoms with Gasteiger partial charge < -0.3 is 25.2 Å². The van der Waals surface area contributed by atoms with Crippen molar-refractivity contribution in [1.82, 2.24) is 10.6 Å². The number of isocyanates is 1. The number of carbonyl (C=O) groups excluding carboxylic acids is 3. The van der Waals surface area contributed by atoms with E-state index in [2.05, 4.69) is 25.1 Å². The van der Waals surface area contributed by atoms with Crippen LogP contribution in [0, 0.1) is 0 Å². The van der Waals surface area contributed by atoms with E-state index >= 15 is 0 Å². The Bertz CT molecular complexity index is 291.